The van der Waals surface area contributed by atoms with E-state index >= 15 is 0 Å². The van der Waals surface area contributed by atoms with Gasteiger partial charge in [0.1, 0.15) is 0 Å². The number of rotatable bonds is 3. The minimum atomic E-state index is -0.931. The summed E-state index contributed by atoms with van der Waals surface area (Å²) in [5.41, 5.74) is 0. The van der Waals surface area contributed by atoms with Gasteiger partial charge in [0.25, 0.3) is 0 Å². The summed E-state index contributed by atoms with van der Waals surface area (Å²) in [6.07, 6.45) is 1.54. The van der Waals surface area contributed by atoms with E-state index in [-0.39, 0.29) is 6.04 Å². The Kier molecular flexibility index (Phi) is 3.54. The third kappa shape index (κ3) is 3.22. The largest absolute Gasteiger partial charge is 0.465 e. The van der Waals surface area contributed by atoms with Crippen LogP contribution in [0.4, 0.5) is 4.79 Å². The predicted molar refractivity (Wildman–Crippen MR) is 50.9 cm³/mol. The molecule has 0 aliphatic carbocycles. The fourth-order valence-corrected chi connectivity index (χ4v) is 1.87. The molecule has 2 N–H and O–H groups in total. The summed E-state index contributed by atoms with van der Waals surface area (Å²) >= 11 is 0. The van der Waals surface area contributed by atoms with Crippen molar-refractivity contribution in [1.82, 2.24) is 10.2 Å². The van der Waals surface area contributed by atoms with Crippen molar-refractivity contribution in [2.75, 3.05) is 13.1 Å². The summed E-state index contributed by atoms with van der Waals surface area (Å²) in [5, 5.41) is 11.0. The maximum absolute atomic E-state index is 10.3. The molecule has 76 valence electrons. The number of carbonyl (C=O) groups is 1. The Balaban J connectivity index is 2.26. The molecule has 2 atom stereocenters. The van der Waals surface area contributed by atoms with Crippen molar-refractivity contribution in [2.45, 2.75) is 38.8 Å². The summed E-state index contributed by atoms with van der Waals surface area (Å²) in [6.45, 7) is 6.03. The summed E-state index contributed by atoms with van der Waals surface area (Å²) in [5.74, 6) is 0. The molecule has 1 rings (SSSR count). The molecule has 13 heavy (non-hydrogen) atoms. The first-order chi connectivity index (χ1) is 6.09. The molecule has 0 radical (unpaired) electrons. The standard InChI is InChI=1S/C9H18N2O2/c1-7(10-9(12)13)6-11-5-3-4-8(11)2/h7-8,10H,3-6H2,1-2H3,(H,12,13)/t7-,8+/m1/s1. The second-order valence-corrected chi connectivity index (χ2v) is 3.84. The zero-order valence-corrected chi connectivity index (χ0v) is 8.29. The van der Waals surface area contributed by atoms with Crippen LogP contribution >= 0.6 is 0 Å². The third-order valence-corrected chi connectivity index (χ3v) is 2.57. The van der Waals surface area contributed by atoms with Crippen LogP contribution in [0.1, 0.15) is 26.7 Å². The molecule has 4 nitrogen and oxygen atoms in total. The highest BCUT2D eigenvalue weighted by atomic mass is 16.4. The topological polar surface area (TPSA) is 52.6 Å². The van der Waals surface area contributed by atoms with E-state index in [1.165, 1.54) is 12.8 Å². The molecule has 1 heterocycles. The van der Waals surface area contributed by atoms with Gasteiger partial charge in [-0.3, -0.25) is 4.90 Å². The molecule has 1 fully saturated rings. The lowest BCUT2D eigenvalue weighted by Crippen LogP contribution is -2.42. The molecule has 0 unspecified atom stereocenters. The Labute approximate surface area is 78.9 Å². The number of amides is 1. The van der Waals surface area contributed by atoms with Crippen LogP contribution in [-0.4, -0.2) is 41.3 Å². The van der Waals surface area contributed by atoms with Gasteiger partial charge in [-0.25, -0.2) is 4.79 Å². The van der Waals surface area contributed by atoms with Crippen LogP contribution in [0.25, 0.3) is 0 Å². The smallest absolute Gasteiger partial charge is 0.404 e. The zero-order chi connectivity index (χ0) is 9.84. The Hall–Kier alpha value is -0.770. The molecule has 1 aliphatic rings. The van der Waals surface area contributed by atoms with E-state index in [4.69, 9.17) is 5.11 Å². The maximum atomic E-state index is 10.3. The van der Waals surface area contributed by atoms with E-state index in [0.717, 1.165) is 13.1 Å². The van der Waals surface area contributed by atoms with Gasteiger partial charge in [0, 0.05) is 18.6 Å². The van der Waals surface area contributed by atoms with Crippen molar-refractivity contribution in [1.29, 1.82) is 0 Å². The van der Waals surface area contributed by atoms with E-state index in [1.807, 2.05) is 6.92 Å². The number of nitrogens with zero attached hydrogens (tertiary/aromatic N) is 1. The molecule has 0 aromatic carbocycles. The molecule has 0 aromatic heterocycles. The van der Waals surface area contributed by atoms with Crippen molar-refractivity contribution >= 4 is 6.09 Å². The number of carboxylic acid groups (broad SMARTS) is 1. The van der Waals surface area contributed by atoms with Crippen LogP contribution < -0.4 is 5.32 Å². The molecule has 0 bridgehead atoms. The predicted octanol–water partition coefficient (Wildman–Crippen LogP) is 1.13. The molecular weight excluding hydrogens is 168 g/mol. The Bertz CT molecular complexity index is 184. The molecule has 0 saturated carbocycles. The van der Waals surface area contributed by atoms with Gasteiger partial charge >= 0.3 is 6.09 Å². The second-order valence-electron chi connectivity index (χ2n) is 3.84. The number of hydrogen-bond acceptors (Lipinski definition) is 2. The lowest BCUT2D eigenvalue weighted by atomic mass is 10.2. The van der Waals surface area contributed by atoms with Crippen LogP contribution in [0.2, 0.25) is 0 Å². The lowest BCUT2D eigenvalue weighted by molar-refractivity contribution is 0.182. The van der Waals surface area contributed by atoms with Crippen LogP contribution in [0.3, 0.4) is 0 Å². The van der Waals surface area contributed by atoms with Gasteiger partial charge in [0.2, 0.25) is 0 Å². The van der Waals surface area contributed by atoms with E-state index in [9.17, 15) is 4.79 Å². The minimum Gasteiger partial charge on any atom is -0.465 e. The van der Waals surface area contributed by atoms with Gasteiger partial charge in [0.15, 0.2) is 0 Å². The summed E-state index contributed by atoms with van der Waals surface area (Å²) in [7, 11) is 0. The van der Waals surface area contributed by atoms with Crippen LogP contribution in [0.15, 0.2) is 0 Å². The maximum Gasteiger partial charge on any atom is 0.404 e. The molecule has 0 aromatic rings. The average molecular weight is 186 g/mol. The lowest BCUT2D eigenvalue weighted by Gasteiger charge is -2.24. The third-order valence-electron chi connectivity index (χ3n) is 2.57. The van der Waals surface area contributed by atoms with Crippen LogP contribution in [-0.2, 0) is 0 Å². The Morgan fingerprint density at radius 3 is 2.92 bits per heavy atom. The zero-order valence-electron chi connectivity index (χ0n) is 8.29. The van der Waals surface area contributed by atoms with Gasteiger partial charge in [-0.2, -0.15) is 0 Å². The van der Waals surface area contributed by atoms with Crippen molar-refractivity contribution in [2.24, 2.45) is 0 Å². The molecule has 0 spiro atoms. The van der Waals surface area contributed by atoms with Gasteiger partial charge in [0.05, 0.1) is 0 Å². The second kappa shape index (κ2) is 4.46. The summed E-state index contributed by atoms with van der Waals surface area (Å²) < 4.78 is 0. The normalized spacial score (nSPS) is 25.8. The quantitative estimate of drug-likeness (QED) is 0.694. The highest BCUT2D eigenvalue weighted by Gasteiger charge is 2.21. The van der Waals surface area contributed by atoms with Crippen molar-refractivity contribution in [3.8, 4) is 0 Å². The van der Waals surface area contributed by atoms with E-state index < -0.39 is 6.09 Å². The van der Waals surface area contributed by atoms with Gasteiger partial charge in [-0.05, 0) is 33.2 Å². The molecule has 4 heteroatoms. The average Bonchev–Trinajstić information content (AvgIpc) is 2.34. The van der Waals surface area contributed by atoms with Crippen molar-refractivity contribution in [3.05, 3.63) is 0 Å². The van der Waals surface area contributed by atoms with Gasteiger partial charge in [-0.15, -0.1) is 0 Å². The van der Waals surface area contributed by atoms with E-state index in [2.05, 4.69) is 17.1 Å². The van der Waals surface area contributed by atoms with E-state index in [0.29, 0.717) is 6.04 Å². The van der Waals surface area contributed by atoms with Crippen LogP contribution in [0.5, 0.6) is 0 Å². The molecular formula is C9H18N2O2. The first-order valence-corrected chi connectivity index (χ1v) is 4.83. The molecule has 1 saturated heterocycles. The van der Waals surface area contributed by atoms with Gasteiger partial charge in [-0.1, -0.05) is 0 Å². The highest BCUT2D eigenvalue weighted by Crippen LogP contribution is 2.15. The number of hydrogen-bond donors (Lipinski definition) is 2. The minimum absolute atomic E-state index is 0.0260. The fraction of sp³-hybridized carbons (Fsp3) is 0.889. The Morgan fingerprint density at radius 2 is 2.46 bits per heavy atom. The van der Waals surface area contributed by atoms with Crippen molar-refractivity contribution in [3.63, 3.8) is 0 Å². The summed E-state index contributed by atoms with van der Waals surface area (Å²) in [4.78, 5) is 12.7. The van der Waals surface area contributed by atoms with Crippen LogP contribution in [0, 0.1) is 0 Å². The van der Waals surface area contributed by atoms with Gasteiger partial charge < -0.3 is 10.4 Å². The number of likely N-dealkylation sites (tertiary alicyclic amines) is 1. The fourth-order valence-electron chi connectivity index (χ4n) is 1.87. The number of nitrogens with one attached hydrogen (secondary N) is 1. The van der Waals surface area contributed by atoms with Crippen molar-refractivity contribution < 1.29 is 9.90 Å². The highest BCUT2D eigenvalue weighted by molar-refractivity contribution is 5.64. The SMILES string of the molecule is C[C@H](CN1CCC[C@@H]1C)NC(=O)O. The Morgan fingerprint density at radius 1 is 1.77 bits per heavy atom. The first-order valence-electron chi connectivity index (χ1n) is 4.83. The molecule has 1 amide bonds. The molecule has 1 aliphatic heterocycles. The monoisotopic (exact) mass is 186 g/mol. The first kappa shape index (κ1) is 10.3. The summed E-state index contributed by atoms with van der Waals surface area (Å²) in [6, 6.07) is 0.635. The van der Waals surface area contributed by atoms with E-state index in [1.54, 1.807) is 0 Å².